The van der Waals surface area contributed by atoms with E-state index in [0.717, 1.165) is 50.2 Å². The van der Waals surface area contributed by atoms with E-state index < -0.39 is 0 Å². The first-order valence-electron chi connectivity index (χ1n) is 15.3. The summed E-state index contributed by atoms with van der Waals surface area (Å²) in [7, 11) is 0. The van der Waals surface area contributed by atoms with E-state index in [1.807, 2.05) is 4.90 Å². The molecule has 4 heterocycles. The average molecular weight is 551 g/mol. The van der Waals surface area contributed by atoms with Crippen molar-refractivity contribution in [2.24, 2.45) is 0 Å². The van der Waals surface area contributed by atoms with Gasteiger partial charge in [0, 0.05) is 36.8 Å². The molecule has 3 aliphatic heterocycles. The minimum atomic E-state index is -0.310. The fraction of sp³-hybridized carbons (Fsp3) is 0.429. The third kappa shape index (κ3) is 4.86. The van der Waals surface area contributed by atoms with E-state index in [1.165, 1.54) is 48.9 Å². The lowest BCUT2D eigenvalue weighted by atomic mass is 9.70. The van der Waals surface area contributed by atoms with Crippen LogP contribution in [0, 0.1) is 12.7 Å². The number of fused-ring (bicyclic) bond motifs is 3. The summed E-state index contributed by atoms with van der Waals surface area (Å²) in [6, 6.07) is 27.2. The van der Waals surface area contributed by atoms with Gasteiger partial charge in [0.25, 0.3) is 5.91 Å². The first kappa shape index (κ1) is 26.4. The summed E-state index contributed by atoms with van der Waals surface area (Å²) in [5.74, 6) is 0.831. The SMILES string of the molecule is Cc1nc2ccccc2n1C1C[C@H]2CC[C@@H](C1)N2CCC1(c2ccccc2)CCN(C(=O)c2ccc(F)cc2)CC1. The van der Waals surface area contributed by atoms with Gasteiger partial charge in [0.1, 0.15) is 11.6 Å². The van der Waals surface area contributed by atoms with Crippen molar-refractivity contribution in [3.63, 3.8) is 0 Å². The van der Waals surface area contributed by atoms with Crippen LogP contribution in [0.15, 0.2) is 78.9 Å². The van der Waals surface area contributed by atoms with E-state index in [0.29, 0.717) is 23.7 Å². The highest BCUT2D eigenvalue weighted by Crippen LogP contribution is 2.45. The third-order valence-corrected chi connectivity index (χ3v) is 10.3. The summed E-state index contributed by atoms with van der Waals surface area (Å²) < 4.78 is 15.9. The summed E-state index contributed by atoms with van der Waals surface area (Å²) in [5.41, 5.74) is 4.41. The Balaban J connectivity index is 1.06. The number of nitrogens with zero attached hydrogens (tertiary/aromatic N) is 4. The number of aryl methyl sites for hydroxylation is 1. The second kappa shape index (κ2) is 10.7. The fourth-order valence-electron chi connectivity index (χ4n) is 8.18. The van der Waals surface area contributed by atoms with Crippen LogP contribution in [0.25, 0.3) is 11.0 Å². The molecule has 5 nitrogen and oxygen atoms in total. The van der Waals surface area contributed by atoms with Gasteiger partial charge in [0.15, 0.2) is 0 Å². The summed E-state index contributed by atoms with van der Waals surface area (Å²) >= 11 is 0. The van der Waals surface area contributed by atoms with Crippen LogP contribution in [0.1, 0.15) is 72.7 Å². The second-order valence-corrected chi connectivity index (χ2v) is 12.5. The molecule has 212 valence electrons. The molecule has 3 aliphatic rings. The first-order chi connectivity index (χ1) is 20.0. The summed E-state index contributed by atoms with van der Waals surface area (Å²) in [5, 5.41) is 0. The van der Waals surface area contributed by atoms with Crippen molar-refractivity contribution < 1.29 is 9.18 Å². The molecule has 3 saturated heterocycles. The largest absolute Gasteiger partial charge is 0.339 e. The summed E-state index contributed by atoms with van der Waals surface area (Å²) in [6.07, 6.45) is 7.97. The Morgan fingerprint density at radius 1 is 0.878 bits per heavy atom. The number of aromatic nitrogens is 2. The van der Waals surface area contributed by atoms with Crippen molar-refractivity contribution in [3.8, 4) is 0 Å². The Bertz CT molecular complexity index is 1510. The minimum Gasteiger partial charge on any atom is -0.339 e. The van der Waals surface area contributed by atoms with Gasteiger partial charge in [-0.3, -0.25) is 9.69 Å². The topological polar surface area (TPSA) is 41.4 Å². The Kier molecular flexibility index (Phi) is 6.90. The second-order valence-electron chi connectivity index (χ2n) is 12.5. The van der Waals surface area contributed by atoms with Crippen LogP contribution >= 0.6 is 0 Å². The standard InChI is InChI=1S/C35H39FN4O/c1-25-37-32-9-5-6-10-33(32)40(25)31-23-29-15-16-30(24-31)39(29)22-19-35(27-7-3-2-4-8-27)17-20-38(21-18-35)34(41)26-11-13-28(36)14-12-26/h2-14,29-31H,15-24H2,1H3/t29-,30+,31?. The number of likely N-dealkylation sites (tertiary alicyclic amines) is 1. The van der Waals surface area contributed by atoms with E-state index in [1.54, 1.807) is 12.1 Å². The van der Waals surface area contributed by atoms with Gasteiger partial charge in [-0.1, -0.05) is 42.5 Å². The van der Waals surface area contributed by atoms with Crippen LogP contribution in [0.2, 0.25) is 0 Å². The van der Waals surface area contributed by atoms with Gasteiger partial charge in [-0.25, -0.2) is 9.37 Å². The number of rotatable bonds is 6. The van der Waals surface area contributed by atoms with Crippen molar-refractivity contribution >= 4 is 16.9 Å². The maximum atomic E-state index is 13.4. The van der Waals surface area contributed by atoms with Crippen molar-refractivity contribution in [1.29, 1.82) is 0 Å². The van der Waals surface area contributed by atoms with E-state index in [4.69, 9.17) is 4.98 Å². The van der Waals surface area contributed by atoms with Crippen molar-refractivity contribution in [2.75, 3.05) is 19.6 Å². The third-order valence-electron chi connectivity index (χ3n) is 10.3. The number of piperidine rings is 2. The molecule has 3 aromatic carbocycles. The van der Waals surface area contributed by atoms with Crippen molar-refractivity contribution in [1.82, 2.24) is 19.4 Å². The van der Waals surface area contributed by atoms with Gasteiger partial charge in [-0.2, -0.15) is 0 Å². The highest BCUT2D eigenvalue weighted by molar-refractivity contribution is 5.94. The predicted octanol–water partition coefficient (Wildman–Crippen LogP) is 6.92. The van der Waals surface area contributed by atoms with Gasteiger partial charge in [-0.05, 0) is 106 Å². The highest BCUT2D eigenvalue weighted by atomic mass is 19.1. The average Bonchev–Trinajstić information content (AvgIpc) is 3.47. The molecule has 4 aromatic rings. The quantitative estimate of drug-likeness (QED) is 0.262. The molecule has 3 fully saturated rings. The Morgan fingerprint density at radius 3 is 2.24 bits per heavy atom. The van der Waals surface area contributed by atoms with Crippen LogP contribution < -0.4 is 0 Å². The predicted molar refractivity (Wildman–Crippen MR) is 161 cm³/mol. The number of carbonyl (C=O) groups excluding carboxylic acids is 1. The zero-order valence-electron chi connectivity index (χ0n) is 23.9. The molecular formula is C35H39FN4O. The zero-order chi connectivity index (χ0) is 28.0. The Labute approximate surface area is 242 Å². The number of carbonyl (C=O) groups is 1. The van der Waals surface area contributed by atoms with Gasteiger partial charge >= 0.3 is 0 Å². The molecular weight excluding hydrogens is 511 g/mol. The zero-order valence-corrected chi connectivity index (χ0v) is 23.9. The number of hydrogen-bond donors (Lipinski definition) is 0. The number of hydrogen-bond acceptors (Lipinski definition) is 3. The van der Waals surface area contributed by atoms with Crippen LogP contribution in [0.4, 0.5) is 4.39 Å². The molecule has 7 rings (SSSR count). The van der Waals surface area contributed by atoms with Gasteiger partial charge in [0.2, 0.25) is 0 Å². The lowest BCUT2D eigenvalue weighted by Gasteiger charge is -2.45. The van der Waals surface area contributed by atoms with E-state index in [2.05, 4.69) is 71.0 Å². The van der Waals surface area contributed by atoms with Gasteiger partial charge < -0.3 is 9.47 Å². The monoisotopic (exact) mass is 550 g/mol. The minimum absolute atomic E-state index is 0.00842. The Hall–Kier alpha value is -3.51. The number of benzene rings is 3. The molecule has 0 radical (unpaired) electrons. The molecule has 0 spiro atoms. The molecule has 1 unspecified atom stereocenters. The Morgan fingerprint density at radius 2 is 1.54 bits per heavy atom. The smallest absolute Gasteiger partial charge is 0.253 e. The lowest BCUT2D eigenvalue weighted by Crippen LogP contribution is -2.49. The van der Waals surface area contributed by atoms with E-state index >= 15 is 0 Å². The molecule has 0 aliphatic carbocycles. The van der Waals surface area contributed by atoms with Crippen LogP contribution in [0.3, 0.4) is 0 Å². The van der Waals surface area contributed by atoms with E-state index in [9.17, 15) is 9.18 Å². The maximum absolute atomic E-state index is 13.4. The van der Waals surface area contributed by atoms with Crippen LogP contribution in [0.5, 0.6) is 0 Å². The highest BCUT2D eigenvalue weighted by Gasteiger charge is 2.44. The molecule has 0 N–H and O–H groups in total. The maximum Gasteiger partial charge on any atom is 0.253 e. The number of amides is 1. The molecule has 1 aromatic heterocycles. The van der Waals surface area contributed by atoms with Gasteiger partial charge in [0.05, 0.1) is 11.0 Å². The number of halogens is 1. The van der Waals surface area contributed by atoms with Crippen LogP contribution in [-0.4, -0.2) is 57.0 Å². The molecule has 1 amide bonds. The molecule has 6 heteroatoms. The van der Waals surface area contributed by atoms with Crippen molar-refractivity contribution in [3.05, 3.63) is 102 Å². The molecule has 0 saturated carbocycles. The summed E-state index contributed by atoms with van der Waals surface area (Å²) in [4.78, 5) is 22.8. The molecule has 3 atom stereocenters. The molecule has 2 bridgehead atoms. The van der Waals surface area contributed by atoms with E-state index in [-0.39, 0.29) is 17.1 Å². The number of imidazole rings is 1. The van der Waals surface area contributed by atoms with Gasteiger partial charge in [-0.15, -0.1) is 0 Å². The fourth-order valence-corrected chi connectivity index (χ4v) is 8.18. The first-order valence-corrected chi connectivity index (χ1v) is 15.3. The summed E-state index contributed by atoms with van der Waals surface area (Å²) in [6.45, 7) is 4.72. The normalized spacial score (nSPS) is 24.1. The van der Waals surface area contributed by atoms with Crippen molar-refractivity contribution in [2.45, 2.75) is 75.4 Å². The van der Waals surface area contributed by atoms with Crippen LogP contribution in [-0.2, 0) is 5.41 Å². The number of para-hydroxylation sites is 2. The molecule has 41 heavy (non-hydrogen) atoms. The lowest BCUT2D eigenvalue weighted by molar-refractivity contribution is 0.0607.